The molecule has 1 atom stereocenters. The molecule has 0 saturated heterocycles. The Morgan fingerprint density at radius 2 is 2.00 bits per heavy atom. The van der Waals surface area contributed by atoms with Gasteiger partial charge < -0.3 is 10.8 Å². The second-order valence-electron chi connectivity index (χ2n) is 4.20. The van der Waals surface area contributed by atoms with Crippen LogP contribution < -0.4 is 5.73 Å². The molecule has 0 aromatic heterocycles. The largest absolute Gasteiger partial charge is 0.505 e. The first-order chi connectivity index (χ1) is 6.99. The maximum Gasteiger partial charge on any atom is 0.171 e. The van der Waals surface area contributed by atoms with Crippen molar-refractivity contribution in [1.82, 2.24) is 0 Å². The highest BCUT2D eigenvalue weighted by Crippen LogP contribution is 2.52. The number of hydrogen-bond donors (Lipinski definition) is 2. The van der Waals surface area contributed by atoms with Crippen LogP contribution in [0.5, 0.6) is 5.75 Å². The number of rotatable bonds is 2. The predicted octanol–water partition coefficient (Wildman–Crippen LogP) is 2.05. The fraction of sp³-hybridized carbons (Fsp3) is 0.455. The number of aromatic hydroxyl groups is 1. The van der Waals surface area contributed by atoms with E-state index in [1.165, 1.54) is 0 Å². The number of halogens is 2. The maximum absolute atomic E-state index is 13.6. The number of nitrogens with two attached hydrogens (primary N) is 1. The molecule has 1 saturated carbocycles. The van der Waals surface area contributed by atoms with Crippen LogP contribution in [0.1, 0.15) is 25.3 Å². The van der Waals surface area contributed by atoms with Crippen LogP contribution >= 0.6 is 0 Å². The second kappa shape index (κ2) is 3.17. The molecule has 82 valence electrons. The highest BCUT2D eigenvalue weighted by Gasteiger charge is 2.51. The molecule has 1 aromatic carbocycles. The van der Waals surface area contributed by atoms with Gasteiger partial charge in [-0.25, -0.2) is 8.78 Å². The first-order valence-electron chi connectivity index (χ1n) is 4.92. The summed E-state index contributed by atoms with van der Waals surface area (Å²) >= 11 is 0. The molecule has 4 heteroatoms. The molecule has 0 spiro atoms. The Bertz CT molecular complexity index is 400. The van der Waals surface area contributed by atoms with Gasteiger partial charge in [-0.05, 0) is 31.9 Å². The van der Waals surface area contributed by atoms with Gasteiger partial charge >= 0.3 is 0 Å². The van der Waals surface area contributed by atoms with Gasteiger partial charge in [0, 0.05) is 17.0 Å². The van der Waals surface area contributed by atoms with Gasteiger partial charge in [-0.1, -0.05) is 0 Å². The third-order valence-corrected chi connectivity index (χ3v) is 3.23. The van der Waals surface area contributed by atoms with Crippen molar-refractivity contribution >= 4 is 0 Å². The fourth-order valence-electron chi connectivity index (χ4n) is 2.07. The summed E-state index contributed by atoms with van der Waals surface area (Å²) in [4.78, 5) is 0. The normalized spacial score (nSPS) is 20.0. The van der Waals surface area contributed by atoms with Crippen molar-refractivity contribution in [2.24, 2.45) is 5.73 Å². The van der Waals surface area contributed by atoms with E-state index in [0.717, 1.165) is 12.1 Å². The van der Waals surface area contributed by atoms with E-state index >= 15 is 0 Å². The molecule has 1 aliphatic carbocycles. The lowest BCUT2D eigenvalue weighted by molar-refractivity contribution is 0.405. The first kappa shape index (κ1) is 10.4. The Hall–Kier alpha value is -1.16. The van der Waals surface area contributed by atoms with Gasteiger partial charge in [0.15, 0.2) is 11.6 Å². The Kier molecular flexibility index (Phi) is 2.19. The summed E-state index contributed by atoms with van der Waals surface area (Å²) in [5.74, 6) is -2.01. The molecule has 2 nitrogen and oxygen atoms in total. The summed E-state index contributed by atoms with van der Waals surface area (Å²) in [6.07, 6.45) is 1.34. The van der Waals surface area contributed by atoms with E-state index in [2.05, 4.69) is 0 Å². The molecule has 0 heterocycles. The minimum Gasteiger partial charge on any atom is -0.505 e. The zero-order valence-electron chi connectivity index (χ0n) is 8.43. The van der Waals surface area contributed by atoms with Crippen molar-refractivity contribution < 1.29 is 13.9 Å². The standard InChI is InChI=1S/C11H13F2NO/c1-6(14)11(4-5-11)9-7(12)2-3-8(15)10(9)13/h2-3,6,15H,4-5,14H2,1H3. The smallest absolute Gasteiger partial charge is 0.171 e. The average Bonchev–Trinajstić information content (AvgIpc) is 2.93. The molecule has 1 aliphatic rings. The summed E-state index contributed by atoms with van der Waals surface area (Å²) < 4.78 is 27.1. The summed E-state index contributed by atoms with van der Waals surface area (Å²) in [7, 11) is 0. The zero-order chi connectivity index (χ0) is 11.2. The average molecular weight is 213 g/mol. The fourth-order valence-corrected chi connectivity index (χ4v) is 2.07. The number of benzene rings is 1. The van der Waals surface area contributed by atoms with Crippen LogP contribution in [0.4, 0.5) is 8.78 Å². The van der Waals surface area contributed by atoms with Gasteiger partial charge in [0.1, 0.15) is 5.82 Å². The van der Waals surface area contributed by atoms with E-state index in [-0.39, 0.29) is 11.6 Å². The van der Waals surface area contributed by atoms with E-state index in [1.54, 1.807) is 6.92 Å². The van der Waals surface area contributed by atoms with Crippen LogP contribution in [-0.4, -0.2) is 11.1 Å². The molecule has 0 amide bonds. The minimum absolute atomic E-state index is 0.0579. The van der Waals surface area contributed by atoms with Crippen molar-refractivity contribution in [3.8, 4) is 5.75 Å². The highest BCUT2D eigenvalue weighted by molar-refractivity contribution is 5.41. The molecular weight excluding hydrogens is 200 g/mol. The van der Waals surface area contributed by atoms with Crippen LogP contribution in [0.15, 0.2) is 12.1 Å². The highest BCUT2D eigenvalue weighted by atomic mass is 19.1. The molecule has 3 N–H and O–H groups in total. The molecule has 1 fully saturated rings. The molecule has 1 aromatic rings. The summed E-state index contributed by atoms with van der Waals surface area (Å²) in [6, 6.07) is 1.78. The lowest BCUT2D eigenvalue weighted by Gasteiger charge is -2.21. The second-order valence-corrected chi connectivity index (χ2v) is 4.20. The van der Waals surface area contributed by atoms with Gasteiger partial charge in [0.25, 0.3) is 0 Å². The number of phenols is 1. The van der Waals surface area contributed by atoms with Crippen molar-refractivity contribution in [3.05, 3.63) is 29.3 Å². The first-order valence-corrected chi connectivity index (χ1v) is 4.92. The number of phenolic OH excluding ortho intramolecular Hbond substituents is 1. The third-order valence-electron chi connectivity index (χ3n) is 3.23. The topological polar surface area (TPSA) is 46.2 Å². The Morgan fingerprint density at radius 1 is 1.40 bits per heavy atom. The van der Waals surface area contributed by atoms with Gasteiger partial charge in [-0.2, -0.15) is 0 Å². The quantitative estimate of drug-likeness (QED) is 0.789. The van der Waals surface area contributed by atoms with Crippen LogP contribution in [0.2, 0.25) is 0 Å². The van der Waals surface area contributed by atoms with E-state index in [4.69, 9.17) is 5.73 Å². The Morgan fingerprint density at radius 3 is 2.47 bits per heavy atom. The van der Waals surface area contributed by atoms with Crippen molar-refractivity contribution in [3.63, 3.8) is 0 Å². The molecule has 2 rings (SSSR count). The van der Waals surface area contributed by atoms with Crippen LogP contribution in [-0.2, 0) is 5.41 Å². The van der Waals surface area contributed by atoms with Gasteiger partial charge in [0.2, 0.25) is 0 Å². The third kappa shape index (κ3) is 1.40. The molecular formula is C11H13F2NO. The SMILES string of the molecule is CC(N)C1(c2c(F)ccc(O)c2F)CC1. The van der Waals surface area contributed by atoms with Crippen molar-refractivity contribution in [2.45, 2.75) is 31.2 Å². The van der Waals surface area contributed by atoms with E-state index in [1.807, 2.05) is 0 Å². The van der Waals surface area contributed by atoms with Gasteiger partial charge in [0.05, 0.1) is 0 Å². The van der Waals surface area contributed by atoms with Crippen molar-refractivity contribution in [2.75, 3.05) is 0 Å². The summed E-state index contributed by atoms with van der Waals surface area (Å²) in [6.45, 7) is 1.73. The summed E-state index contributed by atoms with van der Waals surface area (Å²) in [5, 5.41) is 9.21. The van der Waals surface area contributed by atoms with Gasteiger partial charge in [-0.15, -0.1) is 0 Å². The Balaban J connectivity index is 2.57. The van der Waals surface area contributed by atoms with Crippen molar-refractivity contribution in [1.29, 1.82) is 0 Å². The minimum atomic E-state index is -0.871. The monoisotopic (exact) mass is 213 g/mol. The van der Waals surface area contributed by atoms with Crippen LogP contribution in [0, 0.1) is 11.6 Å². The van der Waals surface area contributed by atoms with E-state index in [0.29, 0.717) is 12.8 Å². The van der Waals surface area contributed by atoms with Crippen LogP contribution in [0.3, 0.4) is 0 Å². The van der Waals surface area contributed by atoms with E-state index in [9.17, 15) is 13.9 Å². The van der Waals surface area contributed by atoms with Crippen LogP contribution in [0.25, 0.3) is 0 Å². The Labute approximate surface area is 86.7 Å². The maximum atomic E-state index is 13.6. The molecule has 0 bridgehead atoms. The lowest BCUT2D eigenvalue weighted by atomic mass is 9.88. The summed E-state index contributed by atoms with van der Waals surface area (Å²) in [5.41, 5.74) is 5.06. The predicted molar refractivity (Wildman–Crippen MR) is 52.6 cm³/mol. The molecule has 0 radical (unpaired) electrons. The molecule has 15 heavy (non-hydrogen) atoms. The number of hydrogen-bond acceptors (Lipinski definition) is 2. The molecule has 0 aliphatic heterocycles. The van der Waals surface area contributed by atoms with Gasteiger partial charge in [-0.3, -0.25) is 0 Å². The van der Waals surface area contributed by atoms with E-state index < -0.39 is 22.8 Å². The molecule has 1 unspecified atom stereocenters. The lowest BCUT2D eigenvalue weighted by Crippen LogP contribution is -2.33. The zero-order valence-corrected chi connectivity index (χ0v) is 8.43.